The van der Waals surface area contributed by atoms with Crippen LogP contribution in [0, 0.1) is 11.3 Å². The van der Waals surface area contributed by atoms with E-state index >= 15 is 0 Å². The number of aromatic amines is 1. The number of carbonyl (C=O) groups excluding carboxylic acids is 1. The molecular formula is C22H25N3O. The van der Waals surface area contributed by atoms with Crippen molar-refractivity contribution in [2.45, 2.75) is 57.8 Å². The number of Topliss-reactive ketones (excluding diaryl/α,β-unsaturated/α-hetero) is 1. The molecule has 2 heterocycles. The first-order valence-corrected chi connectivity index (χ1v) is 9.64. The van der Waals surface area contributed by atoms with Gasteiger partial charge in [-0.1, -0.05) is 51.1 Å². The molecule has 2 fully saturated rings. The van der Waals surface area contributed by atoms with Gasteiger partial charge in [-0.15, -0.1) is 0 Å². The van der Waals surface area contributed by atoms with E-state index in [4.69, 9.17) is 4.99 Å². The molecule has 4 heteroatoms. The fourth-order valence-corrected chi connectivity index (χ4v) is 5.16. The van der Waals surface area contributed by atoms with Crippen LogP contribution in [0.25, 0.3) is 0 Å². The normalized spacial score (nSPS) is 29.7. The highest BCUT2D eigenvalue weighted by Gasteiger charge is 2.54. The molecular weight excluding hydrogens is 322 g/mol. The van der Waals surface area contributed by atoms with Gasteiger partial charge in [-0.3, -0.25) is 9.89 Å². The van der Waals surface area contributed by atoms with Crippen LogP contribution in [0.5, 0.6) is 0 Å². The third kappa shape index (κ3) is 2.17. The number of carbonyl (C=O) groups is 1. The molecule has 0 radical (unpaired) electrons. The molecule has 2 aromatic rings. The van der Waals surface area contributed by atoms with E-state index in [0.29, 0.717) is 18.1 Å². The molecule has 4 nitrogen and oxygen atoms in total. The fourth-order valence-electron chi connectivity index (χ4n) is 5.16. The SMILES string of the molecule is CC1(C)CC(=O)C2C(=Nc3n[nH]c(C4CC4)c3[C@]2(C)c2ccccc2)C1. The third-order valence-corrected chi connectivity index (χ3v) is 6.45. The molecule has 2 atom stereocenters. The number of hydrogen-bond donors (Lipinski definition) is 1. The number of H-pyrrole nitrogens is 1. The monoisotopic (exact) mass is 347 g/mol. The van der Waals surface area contributed by atoms with Crippen molar-refractivity contribution in [2.24, 2.45) is 16.3 Å². The van der Waals surface area contributed by atoms with Crippen LogP contribution in [0.1, 0.15) is 69.2 Å². The van der Waals surface area contributed by atoms with Gasteiger partial charge in [0.25, 0.3) is 0 Å². The van der Waals surface area contributed by atoms with Crippen LogP contribution in [0.2, 0.25) is 0 Å². The van der Waals surface area contributed by atoms with E-state index in [2.05, 4.69) is 55.2 Å². The molecule has 3 aliphatic rings. The Hall–Kier alpha value is -2.23. The first-order chi connectivity index (χ1) is 12.4. The van der Waals surface area contributed by atoms with E-state index in [0.717, 1.165) is 23.5 Å². The molecule has 2 saturated carbocycles. The lowest BCUT2D eigenvalue weighted by Gasteiger charge is -2.46. The zero-order chi connectivity index (χ0) is 18.1. The summed E-state index contributed by atoms with van der Waals surface area (Å²) in [6.45, 7) is 6.57. The minimum atomic E-state index is -0.397. The average molecular weight is 347 g/mol. The Bertz CT molecular complexity index is 920. The number of hydrogen-bond acceptors (Lipinski definition) is 3. The summed E-state index contributed by atoms with van der Waals surface area (Å²) in [5, 5.41) is 7.86. The number of benzene rings is 1. The third-order valence-electron chi connectivity index (χ3n) is 6.45. The molecule has 1 aromatic carbocycles. The number of aromatic nitrogens is 2. The maximum atomic E-state index is 13.4. The molecule has 26 heavy (non-hydrogen) atoms. The topological polar surface area (TPSA) is 58.1 Å². The van der Waals surface area contributed by atoms with Gasteiger partial charge >= 0.3 is 0 Å². The second-order valence-electron chi connectivity index (χ2n) is 9.20. The molecule has 0 bridgehead atoms. The minimum absolute atomic E-state index is 0.0306. The predicted octanol–water partition coefficient (Wildman–Crippen LogP) is 4.68. The second kappa shape index (κ2) is 5.15. The summed E-state index contributed by atoms with van der Waals surface area (Å²) in [5.74, 6) is 1.48. The molecule has 0 amide bonds. The van der Waals surface area contributed by atoms with Crippen molar-refractivity contribution in [1.82, 2.24) is 10.2 Å². The maximum absolute atomic E-state index is 13.4. The zero-order valence-electron chi connectivity index (χ0n) is 15.7. The summed E-state index contributed by atoms with van der Waals surface area (Å²) in [7, 11) is 0. The predicted molar refractivity (Wildman–Crippen MR) is 102 cm³/mol. The van der Waals surface area contributed by atoms with Crippen LogP contribution in [0.4, 0.5) is 5.82 Å². The van der Waals surface area contributed by atoms with Gasteiger partial charge in [0.15, 0.2) is 5.82 Å². The molecule has 1 unspecified atom stereocenters. The van der Waals surface area contributed by atoms with Crippen molar-refractivity contribution in [2.75, 3.05) is 0 Å². The lowest BCUT2D eigenvalue weighted by Crippen LogP contribution is -2.50. The van der Waals surface area contributed by atoms with Gasteiger partial charge in [0.1, 0.15) is 5.78 Å². The Kier molecular flexibility index (Phi) is 3.17. The van der Waals surface area contributed by atoms with Crippen LogP contribution in [-0.4, -0.2) is 21.7 Å². The molecule has 134 valence electrons. The van der Waals surface area contributed by atoms with Crippen molar-refractivity contribution in [3.63, 3.8) is 0 Å². The fraction of sp³-hybridized carbons (Fsp3) is 0.500. The summed E-state index contributed by atoms with van der Waals surface area (Å²) < 4.78 is 0. The standard InChI is InChI=1S/C22H25N3O/c1-21(2)11-15-17(16(26)12-21)22(3,14-7-5-4-6-8-14)18-19(13-9-10-13)24-25-20(18)23-15/h4-8,13,17H,9-12H2,1-3H3,(H,24,25)/t17?,22-/m1/s1. The molecule has 1 N–H and O–H groups in total. The molecule has 0 saturated heterocycles. The average Bonchev–Trinajstić information content (AvgIpc) is 3.34. The Morgan fingerprint density at radius 2 is 1.81 bits per heavy atom. The Morgan fingerprint density at radius 1 is 1.08 bits per heavy atom. The van der Waals surface area contributed by atoms with Crippen LogP contribution < -0.4 is 0 Å². The van der Waals surface area contributed by atoms with E-state index in [1.165, 1.54) is 24.1 Å². The second-order valence-corrected chi connectivity index (χ2v) is 9.20. The van der Waals surface area contributed by atoms with Gasteiger partial charge in [-0.2, -0.15) is 5.10 Å². The number of rotatable bonds is 2. The zero-order valence-corrected chi connectivity index (χ0v) is 15.7. The Morgan fingerprint density at radius 3 is 2.50 bits per heavy atom. The lowest BCUT2D eigenvalue weighted by atomic mass is 9.56. The largest absolute Gasteiger partial charge is 0.299 e. The Balaban J connectivity index is 1.78. The van der Waals surface area contributed by atoms with Crippen molar-refractivity contribution in [3.05, 3.63) is 47.2 Å². The van der Waals surface area contributed by atoms with Crippen molar-refractivity contribution in [1.29, 1.82) is 0 Å². The highest BCUT2D eigenvalue weighted by Crippen LogP contribution is 2.55. The summed E-state index contributed by atoms with van der Waals surface area (Å²) >= 11 is 0. The highest BCUT2D eigenvalue weighted by atomic mass is 16.1. The van der Waals surface area contributed by atoms with E-state index < -0.39 is 5.41 Å². The highest BCUT2D eigenvalue weighted by molar-refractivity contribution is 6.11. The van der Waals surface area contributed by atoms with Crippen LogP contribution >= 0.6 is 0 Å². The van der Waals surface area contributed by atoms with E-state index in [1.807, 2.05) is 6.07 Å². The Labute approximate surface area is 154 Å². The molecule has 5 rings (SSSR count). The number of aliphatic imine (C=N–C) groups is 1. The van der Waals surface area contributed by atoms with Gasteiger partial charge in [-0.25, -0.2) is 4.99 Å². The quantitative estimate of drug-likeness (QED) is 0.857. The number of nitrogens with one attached hydrogen (secondary N) is 1. The summed E-state index contributed by atoms with van der Waals surface area (Å²) in [6.07, 6.45) is 3.87. The summed E-state index contributed by atoms with van der Waals surface area (Å²) in [4.78, 5) is 18.3. The molecule has 2 aliphatic carbocycles. The summed E-state index contributed by atoms with van der Waals surface area (Å²) in [6, 6.07) is 10.5. The van der Waals surface area contributed by atoms with Gasteiger partial charge in [0.2, 0.25) is 0 Å². The first kappa shape index (κ1) is 16.0. The van der Waals surface area contributed by atoms with Gasteiger partial charge in [0, 0.05) is 34.7 Å². The molecule has 1 aromatic heterocycles. The lowest BCUT2D eigenvalue weighted by molar-refractivity contribution is -0.125. The summed E-state index contributed by atoms with van der Waals surface area (Å²) in [5.41, 5.74) is 4.14. The number of fused-ring (bicyclic) bond motifs is 2. The smallest absolute Gasteiger partial charge is 0.177 e. The van der Waals surface area contributed by atoms with Gasteiger partial charge < -0.3 is 0 Å². The van der Waals surface area contributed by atoms with E-state index in [-0.39, 0.29) is 11.3 Å². The van der Waals surface area contributed by atoms with E-state index in [1.54, 1.807) is 0 Å². The first-order valence-electron chi connectivity index (χ1n) is 9.64. The van der Waals surface area contributed by atoms with Crippen molar-refractivity contribution in [3.8, 4) is 0 Å². The van der Waals surface area contributed by atoms with Crippen molar-refractivity contribution < 1.29 is 4.79 Å². The number of nitrogens with zero attached hydrogens (tertiary/aromatic N) is 2. The number of ketones is 1. The van der Waals surface area contributed by atoms with Gasteiger partial charge in [0.05, 0.1) is 5.92 Å². The van der Waals surface area contributed by atoms with Crippen LogP contribution in [-0.2, 0) is 10.2 Å². The minimum Gasteiger partial charge on any atom is -0.299 e. The van der Waals surface area contributed by atoms with E-state index in [9.17, 15) is 4.79 Å². The molecule has 1 aliphatic heterocycles. The molecule has 0 spiro atoms. The van der Waals surface area contributed by atoms with Crippen LogP contribution in [0.15, 0.2) is 35.3 Å². The van der Waals surface area contributed by atoms with Crippen LogP contribution in [0.3, 0.4) is 0 Å². The van der Waals surface area contributed by atoms with Gasteiger partial charge in [-0.05, 0) is 30.2 Å². The van der Waals surface area contributed by atoms with Crippen molar-refractivity contribution >= 4 is 17.3 Å². The maximum Gasteiger partial charge on any atom is 0.177 e.